The lowest BCUT2D eigenvalue weighted by Crippen LogP contribution is -2.11. The molecule has 9 heteroatoms. The smallest absolute Gasteiger partial charge is 0.433 e. The Morgan fingerprint density at radius 3 is 2.71 bits per heavy atom. The van der Waals surface area contributed by atoms with Gasteiger partial charge in [-0.25, -0.2) is 9.97 Å². The topological polar surface area (TPSA) is 77.8 Å². The molecule has 0 aliphatic heterocycles. The number of aromatic nitrogens is 3. The van der Waals surface area contributed by atoms with Crippen LogP contribution in [0.15, 0.2) is 34.2 Å². The zero-order valence-corrected chi connectivity index (χ0v) is 13.6. The average molecular weight is 354 g/mol. The second-order valence-electron chi connectivity index (χ2n) is 5.24. The minimum atomic E-state index is -4.57. The number of anilines is 1. The standard InChI is InChI=1S/C15H13F3N4OS/c1-7-6-23-11-5-20-10(3-9(7)11)8(2)24-14-21-12(15(16,17)18)4-13(19)22-14/h3-6,8H,1-2H3,(H2,19,21,22). The number of aryl methyl sites for hydroxylation is 1. The molecule has 2 N–H and O–H groups in total. The molecule has 24 heavy (non-hydrogen) atoms. The van der Waals surface area contributed by atoms with Gasteiger partial charge in [0.2, 0.25) is 0 Å². The van der Waals surface area contributed by atoms with Crippen LogP contribution in [0.25, 0.3) is 11.0 Å². The van der Waals surface area contributed by atoms with Crippen molar-refractivity contribution in [3.05, 3.63) is 41.5 Å². The Bertz CT molecular complexity index is 894. The summed E-state index contributed by atoms with van der Waals surface area (Å²) >= 11 is 1.06. The minimum absolute atomic E-state index is 0.0411. The molecule has 3 aromatic heterocycles. The van der Waals surface area contributed by atoms with E-state index in [1.165, 1.54) is 0 Å². The molecule has 0 amide bonds. The Morgan fingerprint density at radius 1 is 1.25 bits per heavy atom. The Kier molecular flexibility index (Phi) is 4.12. The first-order valence-electron chi connectivity index (χ1n) is 6.96. The Labute approximate surface area is 139 Å². The number of alkyl halides is 3. The second-order valence-corrected chi connectivity index (χ2v) is 6.55. The molecule has 3 aromatic rings. The van der Waals surface area contributed by atoms with Gasteiger partial charge in [0.25, 0.3) is 0 Å². The molecule has 0 aromatic carbocycles. The largest absolute Gasteiger partial charge is 0.462 e. The maximum atomic E-state index is 12.8. The quantitative estimate of drug-likeness (QED) is 0.555. The van der Waals surface area contributed by atoms with Gasteiger partial charge in [-0.3, -0.25) is 4.98 Å². The maximum Gasteiger partial charge on any atom is 0.433 e. The van der Waals surface area contributed by atoms with Crippen molar-refractivity contribution >= 4 is 28.5 Å². The van der Waals surface area contributed by atoms with E-state index in [1.807, 2.05) is 19.9 Å². The van der Waals surface area contributed by atoms with Crippen LogP contribution in [0.2, 0.25) is 0 Å². The molecule has 3 rings (SSSR count). The van der Waals surface area contributed by atoms with Crippen molar-refractivity contribution in [1.29, 1.82) is 0 Å². The Hall–Kier alpha value is -2.29. The van der Waals surface area contributed by atoms with Gasteiger partial charge in [-0.15, -0.1) is 0 Å². The van der Waals surface area contributed by atoms with E-state index in [2.05, 4.69) is 15.0 Å². The van der Waals surface area contributed by atoms with E-state index in [0.29, 0.717) is 17.3 Å². The zero-order valence-electron chi connectivity index (χ0n) is 12.8. The highest BCUT2D eigenvalue weighted by Crippen LogP contribution is 2.36. The van der Waals surface area contributed by atoms with Gasteiger partial charge in [-0.2, -0.15) is 13.2 Å². The lowest BCUT2D eigenvalue weighted by molar-refractivity contribution is -0.141. The normalized spacial score (nSPS) is 13.4. The van der Waals surface area contributed by atoms with Crippen molar-refractivity contribution in [1.82, 2.24) is 15.0 Å². The Morgan fingerprint density at radius 2 is 2.00 bits per heavy atom. The zero-order chi connectivity index (χ0) is 17.5. The molecule has 5 nitrogen and oxygen atoms in total. The summed E-state index contributed by atoms with van der Waals surface area (Å²) in [6.45, 7) is 3.72. The first-order valence-corrected chi connectivity index (χ1v) is 7.84. The first kappa shape index (κ1) is 16.6. The number of nitrogen functional groups attached to an aromatic ring is 1. The van der Waals surface area contributed by atoms with Gasteiger partial charge in [0, 0.05) is 11.5 Å². The third kappa shape index (κ3) is 3.30. The van der Waals surface area contributed by atoms with E-state index < -0.39 is 11.9 Å². The van der Waals surface area contributed by atoms with E-state index in [9.17, 15) is 13.2 Å². The summed E-state index contributed by atoms with van der Waals surface area (Å²) in [5.41, 5.74) is 6.72. The van der Waals surface area contributed by atoms with Crippen LogP contribution in [0.1, 0.15) is 29.1 Å². The lowest BCUT2D eigenvalue weighted by atomic mass is 10.2. The molecule has 1 atom stereocenters. The van der Waals surface area contributed by atoms with Crippen LogP contribution in [0.4, 0.5) is 19.0 Å². The highest BCUT2D eigenvalue weighted by molar-refractivity contribution is 7.99. The summed E-state index contributed by atoms with van der Waals surface area (Å²) in [4.78, 5) is 11.7. The van der Waals surface area contributed by atoms with Gasteiger partial charge in [-0.05, 0) is 25.5 Å². The fourth-order valence-electron chi connectivity index (χ4n) is 2.16. The maximum absolute atomic E-state index is 12.8. The van der Waals surface area contributed by atoms with Crippen molar-refractivity contribution in [2.24, 2.45) is 0 Å². The van der Waals surface area contributed by atoms with Gasteiger partial charge in [0.05, 0.1) is 23.4 Å². The van der Waals surface area contributed by atoms with Crippen LogP contribution in [-0.2, 0) is 6.18 Å². The highest BCUT2D eigenvalue weighted by Gasteiger charge is 2.33. The SMILES string of the molecule is Cc1coc2cnc(C(C)Sc3nc(N)cc(C(F)(F)F)n3)cc12. The molecule has 1 unspecified atom stereocenters. The number of pyridine rings is 1. The molecule has 3 heterocycles. The fourth-order valence-corrected chi connectivity index (χ4v) is 3.03. The predicted octanol–water partition coefficient (Wildman–Crippen LogP) is 4.38. The van der Waals surface area contributed by atoms with Crippen LogP contribution < -0.4 is 5.73 Å². The van der Waals surface area contributed by atoms with Crippen molar-refractivity contribution in [3.63, 3.8) is 0 Å². The summed E-state index contributed by atoms with van der Waals surface area (Å²) in [5, 5.41) is 0.615. The number of nitrogens with zero attached hydrogens (tertiary/aromatic N) is 3. The molecule has 0 radical (unpaired) electrons. The van der Waals surface area contributed by atoms with Crippen molar-refractivity contribution in [2.45, 2.75) is 30.4 Å². The van der Waals surface area contributed by atoms with E-state index >= 15 is 0 Å². The second kappa shape index (κ2) is 5.97. The van der Waals surface area contributed by atoms with Crippen LogP contribution in [0.3, 0.4) is 0 Å². The molecular weight excluding hydrogens is 341 g/mol. The van der Waals surface area contributed by atoms with Crippen molar-refractivity contribution in [3.8, 4) is 0 Å². The highest BCUT2D eigenvalue weighted by atomic mass is 32.2. The summed E-state index contributed by atoms with van der Waals surface area (Å²) < 4.78 is 43.8. The lowest BCUT2D eigenvalue weighted by Gasteiger charge is -2.12. The third-order valence-electron chi connectivity index (χ3n) is 3.39. The van der Waals surface area contributed by atoms with E-state index in [4.69, 9.17) is 10.2 Å². The molecule has 126 valence electrons. The average Bonchev–Trinajstić information content (AvgIpc) is 2.86. The third-order valence-corrected chi connectivity index (χ3v) is 4.38. The number of rotatable bonds is 3. The summed E-state index contributed by atoms with van der Waals surface area (Å²) in [6.07, 6.45) is -1.35. The molecule has 0 spiro atoms. The van der Waals surface area contributed by atoms with Crippen molar-refractivity contribution < 1.29 is 17.6 Å². The molecule has 0 fully saturated rings. The minimum Gasteiger partial charge on any atom is -0.462 e. The van der Waals surface area contributed by atoms with Gasteiger partial charge in [-0.1, -0.05) is 11.8 Å². The van der Waals surface area contributed by atoms with Crippen molar-refractivity contribution in [2.75, 3.05) is 5.73 Å². The summed E-state index contributed by atoms with van der Waals surface area (Å²) in [7, 11) is 0. The van der Waals surface area contributed by atoms with Crippen LogP contribution in [0, 0.1) is 6.92 Å². The number of furan rings is 1. The fraction of sp³-hybridized carbons (Fsp3) is 0.267. The van der Waals surface area contributed by atoms with Gasteiger partial charge in [0.1, 0.15) is 5.82 Å². The number of halogens is 3. The number of fused-ring (bicyclic) bond motifs is 1. The molecule has 0 bridgehead atoms. The van der Waals surface area contributed by atoms with E-state index in [-0.39, 0.29) is 16.2 Å². The van der Waals surface area contributed by atoms with E-state index in [0.717, 1.165) is 22.7 Å². The first-order chi connectivity index (χ1) is 11.2. The molecule has 0 aliphatic rings. The number of thioether (sulfide) groups is 1. The van der Waals surface area contributed by atoms with Crippen LogP contribution in [-0.4, -0.2) is 15.0 Å². The summed E-state index contributed by atoms with van der Waals surface area (Å²) in [6, 6.07) is 2.57. The number of hydrogen-bond acceptors (Lipinski definition) is 6. The van der Waals surface area contributed by atoms with Gasteiger partial charge >= 0.3 is 6.18 Å². The van der Waals surface area contributed by atoms with E-state index in [1.54, 1.807) is 12.5 Å². The number of nitrogens with two attached hydrogens (primary N) is 1. The number of hydrogen-bond donors (Lipinski definition) is 1. The Balaban J connectivity index is 1.89. The molecule has 0 saturated heterocycles. The molecule has 0 aliphatic carbocycles. The molecule has 0 saturated carbocycles. The van der Waals surface area contributed by atoms with Crippen LogP contribution in [0.5, 0.6) is 0 Å². The molecular formula is C15H13F3N4OS. The van der Waals surface area contributed by atoms with Gasteiger partial charge < -0.3 is 10.2 Å². The van der Waals surface area contributed by atoms with Gasteiger partial charge in [0.15, 0.2) is 16.4 Å². The predicted molar refractivity (Wildman–Crippen MR) is 84.5 cm³/mol. The van der Waals surface area contributed by atoms with Crippen LogP contribution >= 0.6 is 11.8 Å². The monoisotopic (exact) mass is 354 g/mol. The summed E-state index contributed by atoms with van der Waals surface area (Å²) in [5.74, 6) is -0.221.